The second kappa shape index (κ2) is 7.61. The zero-order valence-corrected chi connectivity index (χ0v) is 9.64. The van der Waals surface area contributed by atoms with Crippen molar-refractivity contribution in [2.45, 2.75) is 26.1 Å². The van der Waals surface area contributed by atoms with Gasteiger partial charge in [-0.3, -0.25) is 0 Å². The SMILES string of the molecule is CC(O)CNCC(C)O.[Zn]. The monoisotopic (exact) mass is 197 g/mol. The smallest absolute Gasteiger partial charge is 0.0636 e. The Kier molecular flexibility index (Phi) is 9.98. The molecule has 0 aromatic carbocycles. The summed E-state index contributed by atoms with van der Waals surface area (Å²) in [6, 6.07) is 0. The zero-order chi connectivity index (χ0) is 7.28. The summed E-state index contributed by atoms with van der Waals surface area (Å²) in [6.45, 7) is 4.50. The summed E-state index contributed by atoms with van der Waals surface area (Å²) in [4.78, 5) is 0. The Bertz CT molecular complexity index is 60.8. The number of aliphatic hydroxyl groups excluding tert-OH is 2. The van der Waals surface area contributed by atoms with E-state index in [4.69, 9.17) is 10.2 Å². The Morgan fingerprint density at radius 2 is 1.40 bits per heavy atom. The van der Waals surface area contributed by atoms with E-state index in [-0.39, 0.29) is 31.7 Å². The van der Waals surface area contributed by atoms with E-state index in [9.17, 15) is 0 Å². The number of hydrogen-bond acceptors (Lipinski definition) is 3. The molecule has 3 nitrogen and oxygen atoms in total. The van der Waals surface area contributed by atoms with Gasteiger partial charge in [0.2, 0.25) is 0 Å². The Labute approximate surface area is 74.6 Å². The maximum atomic E-state index is 8.72. The summed E-state index contributed by atoms with van der Waals surface area (Å²) in [5.74, 6) is 0. The molecule has 10 heavy (non-hydrogen) atoms. The van der Waals surface area contributed by atoms with Crippen molar-refractivity contribution in [3.63, 3.8) is 0 Å². The first-order chi connectivity index (χ1) is 4.13. The molecule has 58 valence electrons. The van der Waals surface area contributed by atoms with E-state index in [0.717, 1.165) is 0 Å². The molecular weight excluding hydrogens is 183 g/mol. The van der Waals surface area contributed by atoms with E-state index in [1.54, 1.807) is 13.8 Å². The molecule has 0 spiro atoms. The molecule has 0 amide bonds. The third kappa shape index (κ3) is 11.3. The summed E-state index contributed by atoms with van der Waals surface area (Å²) in [6.07, 6.45) is -0.660. The van der Waals surface area contributed by atoms with Crippen molar-refractivity contribution in [2.24, 2.45) is 0 Å². The van der Waals surface area contributed by atoms with Gasteiger partial charge in [-0.25, -0.2) is 0 Å². The van der Waals surface area contributed by atoms with Gasteiger partial charge in [-0.1, -0.05) is 0 Å². The van der Waals surface area contributed by atoms with E-state index < -0.39 is 0 Å². The fraction of sp³-hybridized carbons (Fsp3) is 1.00. The van der Waals surface area contributed by atoms with Crippen molar-refractivity contribution >= 4 is 0 Å². The van der Waals surface area contributed by atoms with Crippen LogP contribution in [0.1, 0.15) is 13.8 Å². The van der Waals surface area contributed by atoms with Gasteiger partial charge in [0, 0.05) is 32.6 Å². The summed E-state index contributed by atoms with van der Waals surface area (Å²) in [5, 5.41) is 20.3. The van der Waals surface area contributed by atoms with Crippen molar-refractivity contribution in [1.29, 1.82) is 0 Å². The molecule has 2 atom stereocenters. The zero-order valence-electron chi connectivity index (χ0n) is 6.67. The molecule has 0 radical (unpaired) electrons. The predicted molar refractivity (Wildman–Crippen MR) is 36.2 cm³/mol. The first-order valence-electron chi connectivity index (χ1n) is 3.19. The first kappa shape index (κ1) is 13.1. The summed E-state index contributed by atoms with van der Waals surface area (Å²) in [5.41, 5.74) is 0. The predicted octanol–water partition coefficient (Wildman–Crippen LogP) is -0.665. The van der Waals surface area contributed by atoms with Crippen LogP contribution in [0.5, 0.6) is 0 Å². The average molecular weight is 199 g/mol. The average Bonchev–Trinajstić information content (AvgIpc) is 1.63. The summed E-state index contributed by atoms with van der Waals surface area (Å²) < 4.78 is 0. The van der Waals surface area contributed by atoms with Gasteiger partial charge in [0.15, 0.2) is 0 Å². The van der Waals surface area contributed by atoms with E-state index in [1.165, 1.54) is 0 Å². The molecule has 0 aromatic rings. The van der Waals surface area contributed by atoms with Crippen molar-refractivity contribution in [2.75, 3.05) is 13.1 Å². The fourth-order valence-electron chi connectivity index (χ4n) is 0.501. The topological polar surface area (TPSA) is 52.5 Å². The van der Waals surface area contributed by atoms with Crippen LogP contribution in [0.4, 0.5) is 0 Å². The molecule has 0 aliphatic carbocycles. The molecule has 0 saturated carbocycles. The Hall–Kier alpha value is 0.503. The number of hydrogen-bond donors (Lipinski definition) is 3. The van der Waals surface area contributed by atoms with E-state index in [0.29, 0.717) is 13.1 Å². The number of aliphatic hydroxyl groups is 2. The Morgan fingerprint density at radius 1 is 1.10 bits per heavy atom. The molecule has 0 heterocycles. The van der Waals surface area contributed by atoms with Crippen LogP contribution >= 0.6 is 0 Å². The molecule has 0 fully saturated rings. The minimum atomic E-state index is -0.330. The molecule has 0 rings (SSSR count). The van der Waals surface area contributed by atoms with Crippen molar-refractivity contribution in [1.82, 2.24) is 5.32 Å². The molecule has 0 aliphatic heterocycles. The largest absolute Gasteiger partial charge is 0.392 e. The fourth-order valence-corrected chi connectivity index (χ4v) is 0.501. The van der Waals surface area contributed by atoms with Gasteiger partial charge in [-0.15, -0.1) is 0 Å². The minimum Gasteiger partial charge on any atom is -0.392 e. The van der Waals surface area contributed by atoms with Gasteiger partial charge in [0.25, 0.3) is 0 Å². The van der Waals surface area contributed by atoms with Crippen molar-refractivity contribution < 1.29 is 29.7 Å². The summed E-state index contributed by atoms with van der Waals surface area (Å²) >= 11 is 0. The van der Waals surface area contributed by atoms with Crippen molar-refractivity contribution in [3.05, 3.63) is 0 Å². The second-order valence-electron chi connectivity index (χ2n) is 2.36. The molecule has 0 aromatic heterocycles. The van der Waals surface area contributed by atoms with Gasteiger partial charge in [0.1, 0.15) is 0 Å². The second-order valence-corrected chi connectivity index (χ2v) is 2.36. The standard InChI is InChI=1S/C6H15NO2.Zn/c1-5(8)3-7-4-6(2)9;/h5-9H,3-4H2,1-2H3;. The van der Waals surface area contributed by atoms with Crippen LogP contribution in [-0.2, 0) is 19.5 Å². The molecule has 0 aliphatic rings. The maximum absolute atomic E-state index is 8.72. The molecule has 4 heteroatoms. The molecule has 0 bridgehead atoms. The van der Waals surface area contributed by atoms with Gasteiger partial charge < -0.3 is 15.5 Å². The maximum Gasteiger partial charge on any atom is 0.0636 e. The van der Waals surface area contributed by atoms with Crippen LogP contribution in [0.3, 0.4) is 0 Å². The summed E-state index contributed by atoms with van der Waals surface area (Å²) in [7, 11) is 0. The van der Waals surface area contributed by atoms with Crippen LogP contribution in [0.2, 0.25) is 0 Å². The third-order valence-corrected chi connectivity index (χ3v) is 0.879. The van der Waals surface area contributed by atoms with E-state index >= 15 is 0 Å². The number of rotatable bonds is 4. The van der Waals surface area contributed by atoms with E-state index in [1.807, 2.05) is 0 Å². The Morgan fingerprint density at radius 3 is 1.60 bits per heavy atom. The van der Waals surface area contributed by atoms with Crippen molar-refractivity contribution in [3.8, 4) is 0 Å². The van der Waals surface area contributed by atoms with Crippen LogP contribution < -0.4 is 5.32 Å². The van der Waals surface area contributed by atoms with Crippen LogP contribution in [-0.4, -0.2) is 35.5 Å². The van der Waals surface area contributed by atoms with Gasteiger partial charge in [-0.2, -0.15) is 0 Å². The molecule has 2 unspecified atom stereocenters. The Balaban J connectivity index is 0. The minimum absolute atomic E-state index is 0. The van der Waals surface area contributed by atoms with Gasteiger partial charge in [0.05, 0.1) is 12.2 Å². The normalized spacial score (nSPS) is 15.6. The molecule has 3 N–H and O–H groups in total. The quantitative estimate of drug-likeness (QED) is 0.526. The van der Waals surface area contributed by atoms with E-state index in [2.05, 4.69) is 5.32 Å². The van der Waals surface area contributed by atoms with Gasteiger partial charge >= 0.3 is 0 Å². The van der Waals surface area contributed by atoms with Gasteiger partial charge in [-0.05, 0) is 13.8 Å². The number of nitrogens with one attached hydrogen (secondary N) is 1. The van der Waals surface area contributed by atoms with Crippen LogP contribution in [0.25, 0.3) is 0 Å². The molecule has 0 saturated heterocycles. The first-order valence-corrected chi connectivity index (χ1v) is 3.19. The third-order valence-electron chi connectivity index (χ3n) is 0.879. The van der Waals surface area contributed by atoms with Crippen LogP contribution in [0.15, 0.2) is 0 Å². The van der Waals surface area contributed by atoms with Crippen LogP contribution in [0, 0.1) is 0 Å². The molecular formula is C6H15NO2Zn.